The molecular weight excluding hydrogens is 194 g/mol. The number of hydrogen-bond donors (Lipinski definition) is 0. The molecule has 2 aliphatic carbocycles. The Labute approximate surface area is 99.5 Å². The molecule has 0 spiro atoms. The topological polar surface area (TPSA) is 23.8 Å². The number of nitriles is 1. The molecule has 0 aromatic heterocycles. The lowest BCUT2D eigenvalue weighted by Crippen LogP contribution is -2.18. The van der Waals surface area contributed by atoms with E-state index in [0.717, 1.165) is 11.8 Å². The normalized spacial score (nSPS) is 23.7. The van der Waals surface area contributed by atoms with Crippen LogP contribution in [-0.2, 0) is 0 Å². The zero-order chi connectivity index (χ0) is 11.2. The quantitative estimate of drug-likeness (QED) is 0.620. The lowest BCUT2D eigenvalue weighted by Gasteiger charge is -2.31. The van der Waals surface area contributed by atoms with E-state index in [1.807, 2.05) is 6.08 Å². The van der Waals surface area contributed by atoms with E-state index in [-0.39, 0.29) is 0 Å². The summed E-state index contributed by atoms with van der Waals surface area (Å²) in [5.41, 5.74) is 1.52. The van der Waals surface area contributed by atoms with Crippen molar-refractivity contribution in [2.75, 3.05) is 0 Å². The molecule has 0 amide bonds. The summed E-state index contributed by atoms with van der Waals surface area (Å²) in [4.78, 5) is 0. The molecule has 2 saturated carbocycles. The van der Waals surface area contributed by atoms with E-state index in [0.29, 0.717) is 0 Å². The predicted octanol–water partition coefficient (Wildman–Crippen LogP) is 4.60. The molecule has 0 unspecified atom stereocenters. The predicted molar refractivity (Wildman–Crippen MR) is 66.8 cm³/mol. The minimum absolute atomic E-state index is 0.747. The van der Waals surface area contributed by atoms with Crippen LogP contribution in [0.1, 0.15) is 64.2 Å². The Morgan fingerprint density at radius 3 is 1.62 bits per heavy atom. The SMILES string of the molecule is N#CC=C(C1CCCCC1)C1CCCCC1. The lowest BCUT2D eigenvalue weighted by atomic mass is 9.73. The number of nitrogens with zero attached hydrogens (tertiary/aromatic N) is 1. The van der Waals surface area contributed by atoms with Gasteiger partial charge in [-0.15, -0.1) is 0 Å². The maximum absolute atomic E-state index is 8.97. The molecule has 2 fully saturated rings. The van der Waals surface area contributed by atoms with Crippen LogP contribution in [0.25, 0.3) is 0 Å². The van der Waals surface area contributed by atoms with Gasteiger partial charge in [0.2, 0.25) is 0 Å². The lowest BCUT2D eigenvalue weighted by molar-refractivity contribution is 0.326. The summed E-state index contributed by atoms with van der Waals surface area (Å²) in [6.45, 7) is 0. The Morgan fingerprint density at radius 2 is 1.25 bits per heavy atom. The van der Waals surface area contributed by atoms with Gasteiger partial charge in [-0.25, -0.2) is 0 Å². The van der Waals surface area contributed by atoms with E-state index in [1.54, 1.807) is 0 Å². The van der Waals surface area contributed by atoms with Gasteiger partial charge in [-0.3, -0.25) is 0 Å². The maximum Gasteiger partial charge on any atom is 0.0911 e. The van der Waals surface area contributed by atoms with Crippen LogP contribution >= 0.6 is 0 Å². The summed E-state index contributed by atoms with van der Waals surface area (Å²) in [5, 5.41) is 8.97. The standard InChI is InChI=1S/C15H23N/c16-12-11-15(13-7-3-1-4-8-13)14-9-5-2-6-10-14/h11,13-14H,1-10H2. The van der Waals surface area contributed by atoms with Gasteiger partial charge in [0, 0.05) is 6.08 Å². The fraction of sp³-hybridized carbons (Fsp3) is 0.800. The highest BCUT2D eigenvalue weighted by Crippen LogP contribution is 2.39. The Bertz CT molecular complexity index is 252. The van der Waals surface area contributed by atoms with E-state index in [2.05, 4.69) is 6.07 Å². The second kappa shape index (κ2) is 6.09. The van der Waals surface area contributed by atoms with Gasteiger partial charge in [-0.2, -0.15) is 5.26 Å². The zero-order valence-electron chi connectivity index (χ0n) is 10.3. The van der Waals surface area contributed by atoms with Crippen molar-refractivity contribution in [2.45, 2.75) is 64.2 Å². The minimum Gasteiger partial charge on any atom is -0.193 e. The smallest absolute Gasteiger partial charge is 0.0911 e. The fourth-order valence-electron chi connectivity index (χ4n) is 3.52. The molecule has 0 bridgehead atoms. The Hall–Kier alpha value is -0.770. The van der Waals surface area contributed by atoms with E-state index in [1.165, 1.54) is 69.8 Å². The molecule has 1 heteroatoms. The highest BCUT2D eigenvalue weighted by molar-refractivity contribution is 5.20. The second-order valence-electron chi connectivity index (χ2n) is 5.44. The third-order valence-corrected chi connectivity index (χ3v) is 4.38. The van der Waals surface area contributed by atoms with Crippen LogP contribution in [0.5, 0.6) is 0 Å². The molecule has 0 radical (unpaired) electrons. The summed E-state index contributed by atoms with van der Waals surface area (Å²) in [6, 6.07) is 2.30. The van der Waals surface area contributed by atoms with Crippen LogP contribution in [-0.4, -0.2) is 0 Å². The molecule has 2 aliphatic rings. The van der Waals surface area contributed by atoms with Gasteiger partial charge in [0.05, 0.1) is 6.07 Å². The summed E-state index contributed by atoms with van der Waals surface area (Å²) >= 11 is 0. The third kappa shape index (κ3) is 2.88. The van der Waals surface area contributed by atoms with Crippen molar-refractivity contribution in [3.8, 4) is 6.07 Å². The number of rotatable bonds is 2. The molecule has 0 aromatic rings. The van der Waals surface area contributed by atoms with E-state index in [4.69, 9.17) is 5.26 Å². The van der Waals surface area contributed by atoms with Gasteiger partial charge in [-0.1, -0.05) is 44.1 Å². The molecule has 0 saturated heterocycles. The number of allylic oxidation sites excluding steroid dienone is 2. The average Bonchev–Trinajstić information content (AvgIpc) is 2.38. The third-order valence-electron chi connectivity index (χ3n) is 4.38. The van der Waals surface area contributed by atoms with E-state index >= 15 is 0 Å². The van der Waals surface area contributed by atoms with Crippen molar-refractivity contribution < 1.29 is 0 Å². The highest BCUT2D eigenvalue weighted by Gasteiger charge is 2.25. The molecular formula is C15H23N. The first-order valence-corrected chi connectivity index (χ1v) is 7.01. The van der Waals surface area contributed by atoms with Crippen LogP contribution < -0.4 is 0 Å². The molecule has 0 N–H and O–H groups in total. The van der Waals surface area contributed by atoms with Crippen molar-refractivity contribution in [2.24, 2.45) is 11.8 Å². The summed E-state index contributed by atoms with van der Waals surface area (Å²) < 4.78 is 0. The van der Waals surface area contributed by atoms with Gasteiger partial charge in [0.1, 0.15) is 0 Å². The molecule has 0 heterocycles. The monoisotopic (exact) mass is 217 g/mol. The van der Waals surface area contributed by atoms with Crippen molar-refractivity contribution in [3.05, 3.63) is 11.6 Å². The van der Waals surface area contributed by atoms with Gasteiger partial charge < -0.3 is 0 Å². The van der Waals surface area contributed by atoms with Gasteiger partial charge in [0.15, 0.2) is 0 Å². The molecule has 0 atom stereocenters. The average molecular weight is 217 g/mol. The van der Waals surface area contributed by atoms with E-state index in [9.17, 15) is 0 Å². The van der Waals surface area contributed by atoms with Crippen molar-refractivity contribution in [3.63, 3.8) is 0 Å². The maximum atomic E-state index is 8.97. The van der Waals surface area contributed by atoms with Gasteiger partial charge in [0.25, 0.3) is 0 Å². The Balaban J connectivity index is 2.03. The molecule has 1 nitrogen and oxygen atoms in total. The molecule has 2 rings (SSSR count). The van der Waals surface area contributed by atoms with Gasteiger partial charge >= 0.3 is 0 Å². The van der Waals surface area contributed by atoms with E-state index < -0.39 is 0 Å². The van der Waals surface area contributed by atoms with Crippen molar-refractivity contribution in [1.82, 2.24) is 0 Å². The van der Waals surface area contributed by atoms with Crippen LogP contribution in [0.4, 0.5) is 0 Å². The van der Waals surface area contributed by atoms with Crippen molar-refractivity contribution in [1.29, 1.82) is 5.26 Å². The molecule has 0 aromatic carbocycles. The first kappa shape index (κ1) is 11.7. The first-order valence-electron chi connectivity index (χ1n) is 7.01. The Morgan fingerprint density at radius 1 is 0.812 bits per heavy atom. The highest BCUT2D eigenvalue weighted by atomic mass is 14.3. The minimum atomic E-state index is 0.747. The summed E-state index contributed by atoms with van der Waals surface area (Å²) in [7, 11) is 0. The molecule has 0 aliphatic heterocycles. The number of hydrogen-bond acceptors (Lipinski definition) is 1. The van der Waals surface area contributed by atoms with Crippen molar-refractivity contribution >= 4 is 0 Å². The first-order chi connectivity index (χ1) is 7.92. The fourth-order valence-corrected chi connectivity index (χ4v) is 3.52. The van der Waals surface area contributed by atoms with Crippen LogP contribution in [0, 0.1) is 23.2 Å². The van der Waals surface area contributed by atoms with Gasteiger partial charge in [-0.05, 0) is 37.5 Å². The summed E-state index contributed by atoms with van der Waals surface area (Å²) in [6.07, 6.45) is 15.6. The van der Waals surface area contributed by atoms with Crippen LogP contribution in [0.15, 0.2) is 11.6 Å². The zero-order valence-corrected chi connectivity index (χ0v) is 10.3. The van der Waals surface area contributed by atoms with Crippen LogP contribution in [0.3, 0.4) is 0 Å². The second-order valence-corrected chi connectivity index (χ2v) is 5.44. The summed E-state index contributed by atoms with van der Waals surface area (Å²) in [5.74, 6) is 1.49. The van der Waals surface area contributed by atoms with Crippen LogP contribution in [0.2, 0.25) is 0 Å². The largest absolute Gasteiger partial charge is 0.193 e. The Kier molecular flexibility index (Phi) is 4.45. The molecule has 16 heavy (non-hydrogen) atoms. The molecule has 88 valence electrons.